The van der Waals surface area contributed by atoms with E-state index in [4.69, 9.17) is 16.9 Å². The van der Waals surface area contributed by atoms with Crippen molar-refractivity contribution in [3.8, 4) is 6.07 Å². The molecule has 0 amide bonds. The lowest BCUT2D eigenvalue weighted by Gasteiger charge is -2.23. The molecule has 1 rings (SSSR count). The first kappa shape index (κ1) is 14.0. The number of nitriles is 1. The molecule has 0 aliphatic rings. The first-order valence-electron chi connectivity index (χ1n) is 5.95. The van der Waals surface area contributed by atoms with Gasteiger partial charge in [0.05, 0.1) is 6.07 Å². The Hall–Kier alpha value is -1.04. The van der Waals surface area contributed by atoms with Crippen LogP contribution in [0.5, 0.6) is 0 Å². The largest absolute Gasteiger partial charge is 0.298 e. The van der Waals surface area contributed by atoms with E-state index >= 15 is 0 Å². The first-order valence-corrected chi connectivity index (χ1v) is 6.33. The monoisotopic (exact) mass is 250 g/mol. The van der Waals surface area contributed by atoms with Gasteiger partial charge >= 0.3 is 0 Å². The quantitative estimate of drug-likeness (QED) is 0.770. The number of nitrogens with zero attached hydrogens (tertiary/aromatic N) is 2. The molecule has 0 aliphatic carbocycles. The van der Waals surface area contributed by atoms with Crippen LogP contribution in [-0.2, 0) is 6.54 Å². The Morgan fingerprint density at radius 2 is 2.18 bits per heavy atom. The lowest BCUT2D eigenvalue weighted by Crippen LogP contribution is -2.28. The number of hydrogen-bond donors (Lipinski definition) is 0. The molecule has 0 saturated carbocycles. The highest BCUT2D eigenvalue weighted by molar-refractivity contribution is 6.30. The van der Waals surface area contributed by atoms with Gasteiger partial charge in [0.2, 0.25) is 0 Å². The highest BCUT2D eigenvalue weighted by atomic mass is 35.5. The Labute approximate surface area is 109 Å². The minimum Gasteiger partial charge on any atom is -0.298 e. The molecule has 0 aromatic heterocycles. The summed E-state index contributed by atoms with van der Waals surface area (Å²) in [4.78, 5) is 2.31. The van der Waals surface area contributed by atoms with Gasteiger partial charge in [-0.25, -0.2) is 0 Å². The molecule has 3 heteroatoms. The smallest absolute Gasteiger partial charge is 0.0635 e. The number of rotatable bonds is 6. The van der Waals surface area contributed by atoms with E-state index in [1.807, 2.05) is 18.2 Å². The van der Waals surface area contributed by atoms with E-state index in [1.54, 1.807) is 0 Å². The fourth-order valence-electron chi connectivity index (χ4n) is 1.85. The summed E-state index contributed by atoms with van der Waals surface area (Å²) in [6, 6.07) is 10.1. The van der Waals surface area contributed by atoms with E-state index in [0.717, 1.165) is 24.7 Å². The van der Waals surface area contributed by atoms with E-state index in [2.05, 4.69) is 30.9 Å². The maximum absolute atomic E-state index is 8.66. The van der Waals surface area contributed by atoms with Crippen molar-refractivity contribution in [2.24, 2.45) is 5.92 Å². The third kappa shape index (κ3) is 5.72. The van der Waals surface area contributed by atoms with Crippen molar-refractivity contribution < 1.29 is 0 Å². The normalized spacial score (nSPS) is 10.8. The van der Waals surface area contributed by atoms with Crippen LogP contribution in [0.2, 0.25) is 5.02 Å². The van der Waals surface area contributed by atoms with Crippen molar-refractivity contribution in [1.29, 1.82) is 5.26 Å². The average Bonchev–Trinajstić information content (AvgIpc) is 2.25. The van der Waals surface area contributed by atoms with E-state index in [9.17, 15) is 0 Å². The van der Waals surface area contributed by atoms with Crippen molar-refractivity contribution in [2.45, 2.75) is 26.8 Å². The topological polar surface area (TPSA) is 27.0 Å². The van der Waals surface area contributed by atoms with E-state index in [0.29, 0.717) is 12.3 Å². The minimum atomic E-state index is 0.577. The predicted octanol–water partition coefficient (Wildman–Crippen LogP) is 3.71. The fraction of sp³-hybridized carbons (Fsp3) is 0.500. The SMILES string of the molecule is CC(C)CN(CCC#N)Cc1cccc(Cl)c1. The fourth-order valence-corrected chi connectivity index (χ4v) is 2.07. The van der Waals surface area contributed by atoms with Gasteiger partial charge < -0.3 is 0 Å². The van der Waals surface area contributed by atoms with Gasteiger partial charge in [0.15, 0.2) is 0 Å². The van der Waals surface area contributed by atoms with Crippen molar-refractivity contribution >= 4 is 11.6 Å². The molecule has 0 fully saturated rings. The number of benzene rings is 1. The molecule has 0 saturated heterocycles. The molecule has 0 unspecified atom stereocenters. The lowest BCUT2D eigenvalue weighted by atomic mass is 10.1. The maximum Gasteiger partial charge on any atom is 0.0635 e. The molecular weight excluding hydrogens is 232 g/mol. The van der Waals surface area contributed by atoms with Crippen LogP contribution in [-0.4, -0.2) is 18.0 Å². The van der Waals surface area contributed by atoms with Gasteiger partial charge in [-0.2, -0.15) is 5.26 Å². The molecule has 2 nitrogen and oxygen atoms in total. The molecule has 0 spiro atoms. The van der Waals surface area contributed by atoms with E-state index < -0.39 is 0 Å². The molecule has 0 bridgehead atoms. The standard InChI is InChI=1S/C14H19ClN2/c1-12(2)10-17(8-4-7-16)11-13-5-3-6-14(15)9-13/h3,5-6,9,12H,4,8,10-11H2,1-2H3. The van der Waals surface area contributed by atoms with Crippen molar-refractivity contribution in [2.75, 3.05) is 13.1 Å². The highest BCUT2D eigenvalue weighted by Crippen LogP contribution is 2.13. The zero-order valence-electron chi connectivity index (χ0n) is 10.5. The van der Waals surface area contributed by atoms with Crippen molar-refractivity contribution in [3.05, 3.63) is 34.9 Å². The zero-order valence-corrected chi connectivity index (χ0v) is 11.2. The average molecular weight is 251 g/mol. The number of halogens is 1. The molecule has 0 N–H and O–H groups in total. The number of hydrogen-bond acceptors (Lipinski definition) is 2. The molecule has 0 aliphatic heterocycles. The Morgan fingerprint density at radius 1 is 1.41 bits per heavy atom. The Bertz CT molecular complexity index is 382. The third-order valence-electron chi connectivity index (χ3n) is 2.46. The molecule has 0 atom stereocenters. The summed E-state index contributed by atoms with van der Waals surface area (Å²) < 4.78 is 0. The summed E-state index contributed by atoms with van der Waals surface area (Å²) in [6.07, 6.45) is 0.577. The molecule has 0 heterocycles. The van der Waals surface area contributed by atoms with Crippen LogP contribution in [0.3, 0.4) is 0 Å². The van der Waals surface area contributed by atoms with Crippen LogP contribution in [0.1, 0.15) is 25.8 Å². The summed E-state index contributed by atoms with van der Waals surface area (Å²) in [6.45, 7) is 7.07. The Kier molecular flexibility index (Phi) is 6.04. The van der Waals surface area contributed by atoms with Crippen LogP contribution >= 0.6 is 11.6 Å². The van der Waals surface area contributed by atoms with Crippen molar-refractivity contribution in [3.63, 3.8) is 0 Å². The van der Waals surface area contributed by atoms with Crippen LogP contribution in [0.25, 0.3) is 0 Å². The second-order valence-electron chi connectivity index (χ2n) is 4.67. The molecular formula is C14H19ClN2. The van der Waals surface area contributed by atoms with E-state index in [-0.39, 0.29) is 0 Å². The van der Waals surface area contributed by atoms with Gasteiger partial charge in [0.1, 0.15) is 0 Å². The molecule has 1 aromatic rings. The summed E-state index contributed by atoms with van der Waals surface area (Å²) in [5.41, 5.74) is 1.20. The van der Waals surface area contributed by atoms with Gasteiger partial charge in [0.25, 0.3) is 0 Å². The summed E-state index contributed by atoms with van der Waals surface area (Å²) in [5.74, 6) is 0.605. The van der Waals surface area contributed by atoms with Crippen LogP contribution in [0, 0.1) is 17.2 Å². The summed E-state index contributed by atoms with van der Waals surface area (Å²) in [7, 11) is 0. The Morgan fingerprint density at radius 3 is 2.76 bits per heavy atom. The predicted molar refractivity (Wildman–Crippen MR) is 71.8 cm³/mol. The summed E-state index contributed by atoms with van der Waals surface area (Å²) in [5, 5.41) is 9.43. The van der Waals surface area contributed by atoms with Crippen LogP contribution in [0.15, 0.2) is 24.3 Å². The second-order valence-corrected chi connectivity index (χ2v) is 5.10. The van der Waals surface area contributed by atoms with Gasteiger partial charge in [-0.1, -0.05) is 37.6 Å². The summed E-state index contributed by atoms with van der Waals surface area (Å²) >= 11 is 5.97. The van der Waals surface area contributed by atoms with Gasteiger partial charge in [-0.3, -0.25) is 4.90 Å². The van der Waals surface area contributed by atoms with Crippen molar-refractivity contribution in [1.82, 2.24) is 4.90 Å². The van der Waals surface area contributed by atoms with E-state index in [1.165, 1.54) is 5.56 Å². The first-order chi connectivity index (χ1) is 8.11. The second kappa shape index (κ2) is 7.32. The minimum absolute atomic E-state index is 0.577. The van der Waals surface area contributed by atoms with Crippen LogP contribution < -0.4 is 0 Å². The molecule has 17 heavy (non-hydrogen) atoms. The van der Waals surface area contributed by atoms with Gasteiger partial charge in [-0.05, 0) is 23.6 Å². The highest BCUT2D eigenvalue weighted by Gasteiger charge is 2.08. The molecule has 1 aromatic carbocycles. The maximum atomic E-state index is 8.66. The Balaban J connectivity index is 2.61. The molecule has 0 radical (unpaired) electrons. The zero-order chi connectivity index (χ0) is 12.7. The third-order valence-corrected chi connectivity index (χ3v) is 2.69. The molecule has 92 valence electrons. The lowest BCUT2D eigenvalue weighted by molar-refractivity contribution is 0.241. The van der Waals surface area contributed by atoms with Gasteiger partial charge in [-0.15, -0.1) is 0 Å². The van der Waals surface area contributed by atoms with Gasteiger partial charge in [0, 0.05) is 31.1 Å². The van der Waals surface area contributed by atoms with Crippen LogP contribution in [0.4, 0.5) is 0 Å².